The van der Waals surface area contributed by atoms with Gasteiger partial charge in [0.1, 0.15) is 6.04 Å². The van der Waals surface area contributed by atoms with Gasteiger partial charge >= 0.3 is 0 Å². The molecule has 1 fully saturated rings. The topological polar surface area (TPSA) is 99.3 Å². The third-order valence-corrected chi connectivity index (χ3v) is 5.73. The molecule has 0 aromatic carbocycles. The number of carbonyl (C=O) groups is 3. The Morgan fingerprint density at radius 3 is 2.10 bits per heavy atom. The molecule has 0 spiro atoms. The molecule has 4 N–H and O–H groups in total. The second-order valence-corrected chi connectivity index (χ2v) is 9.50. The molecule has 2 unspecified atom stereocenters. The Balaban J connectivity index is 2.55. The molecular weight excluding hydrogens is 380 g/mol. The van der Waals surface area contributed by atoms with Crippen LogP contribution in [0.15, 0.2) is 0 Å². The van der Waals surface area contributed by atoms with Gasteiger partial charge in [0.15, 0.2) is 0 Å². The third kappa shape index (κ3) is 9.92. The minimum absolute atomic E-state index is 0.00346. The molecular formula is C23H44N4O3. The van der Waals surface area contributed by atoms with Crippen LogP contribution >= 0.6 is 0 Å². The summed E-state index contributed by atoms with van der Waals surface area (Å²) in [6.07, 6.45) is 6.23. The number of amides is 3. The lowest BCUT2D eigenvalue weighted by Gasteiger charge is -2.26. The zero-order valence-electron chi connectivity index (χ0n) is 19.8. The van der Waals surface area contributed by atoms with E-state index in [-0.39, 0.29) is 29.7 Å². The van der Waals surface area contributed by atoms with Crippen LogP contribution in [0.3, 0.4) is 0 Å². The molecule has 0 bridgehead atoms. The van der Waals surface area contributed by atoms with Gasteiger partial charge in [-0.1, -0.05) is 40.5 Å². The Hall–Kier alpha value is -1.63. The molecule has 0 radical (unpaired) electrons. The van der Waals surface area contributed by atoms with Crippen molar-refractivity contribution in [3.63, 3.8) is 0 Å². The van der Waals surface area contributed by atoms with Gasteiger partial charge in [0, 0.05) is 25.6 Å². The van der Waals surface area contributed by atoms with E-state index in [0.29, 0.717) is 31.3 Å². The number of carbonyl (C=O) groups excluding carboxylic acids is 3. The van der Waals surface area contributed by atoms with E-state index >= 15 is 0 Å². The van der Waals surface area contributed by atoms with E-state index in [4.69, 9.17) is 0 Å². The minimum atomic E-state index is -0.556. The summed E-state index contributed by atoms with van der Waals surface area (Å²) in [5.74, 6) is 0.699. The quantitative estimate of drug-likeness (QED) is 0.365. The maximum Gasteiger partial charge on any atom is 0.242 e. The van der Waals surface area contributed by atoms with Crippen molar-refractivity contribution in [3.05, 3.63) is 0 Å². The van der Waals surface area contributed by atoms with Crippen LogP contribution in [0.5, 0.6) is 0 Å². The average molecular weight is 425 g/mol. The molecule has 30 heavy (non-hydrogen) atoms. The van der Waals surface area contributed by atoms with Crippen LogP contribution in [0.1, 0.15) is 80.1 Å². The minimum Gasteiger partial charge on any atom is -0.355 e. The predicted octanol–water partition coefficient (Wildman–Crippen LogP) is 2.35. The first-order chi connectivity index (χ1) is 14.1. The van der Waals surface area contributed by atoms with Gasteiger partial charge in [-0.15, -0.1) is 0 Å². The predicted molar refractivity (Wildman–Crippen MR) is 121 cm³/mol. The summed E-state index contributed by atoms with van der Waals surface area (Å²) in [6.45, 7) is 12.8. The summed E-state index contributed by atoms with van der Waals surface area (Å²) in [5.41, 5.74) is 0. The summed E-state index contributed by atoms with van der Waals surface area (Å²) in [6, 6.07) is -1.03. The Morgan fingerprint density at radius 2 is 1.57 bits per heavy atom. The molecule has 1 rings (SSSR count). The fourth-order valence-electron chi connectivity index (χ4n) is 4.03. The second-order valence-electron chi connectivity index (χ2n) is 9.50. The van der Waals surface area contributed by atoms with Crippen molar-refractivity contribution in [2.45, 2.75) is 98.2 Å². The van der Waals surface area contributed by atoms with Crippen LogP contribution in [-0.2, 0) is 14.4 Å². The van der Waals surface area contributed by atoms with Crippen LogP contribution in [0.4, 0.5) is 0 Å². The molecule has 3 amide bonds. The van der Waals surface area contributed by atoms with Crippen molar-refractivity contribution in [2.75, 3.05) is 13.1 Å². The maximum atomic E-state index is 12.6. The molecule has 1 aliphatic rings. The Morgan fingerprint density at radius 1 is 0.933 bits per heavy atom. The summed E-state index contributed by atoms with van der Waals surface area (Å²) in [4.78, 5) is 37.3. The fraction of sp³-hybridized carbons (Fsp3) is 0.870. The molecule has 0 saturated heterocycles. The maximum absolute atomic E-state index is 12.6. The van der Waals surface area contributed by atoms with Gasteiger partial charge in [-0.05, 0) is 50.9 Å². The van der Waals surface area contributed by atoms with Gasteiger partial charge < -0.3 is 21.3 Å². The number of hydrogen-bond donors (Lipinski definition) is 4. The van der Waals surface area contributed by atoms with E-state index in [0.717, 1.165) is 19.3 Å². The molecule has 0 aromatic rings. The van der Waals surface area contributed by atoms with Gasteiger partial charge in [0.05, 0.1) is 6.04 Å². The van der Waals surface area contributed by atoms with E-state index in [1.54, 1.807) is 6.92 Å². The van der Waals surface area contributed by atoms with E-state index in [9.17, 15) is 14.4 Å². The summed E-state index contributed by atoms with van der Waals surface area (Å²) in [7, 11) is 0. The fourth-order valence-corrected chi connectivity index (χ4v) is 4.03. The molecule has 1 aliphatic carbocycles. The highest BCUT2D eigenvalue weighted by atomic mass is 16.2. The SMILES string of the molecule is CCNC(=O)C(NC(=O)[C@H](C)NCC(CC(C)C)NC(=O)CC1CCCC1)C(C)C. The molecule has 1 saturated carbocycles. The second kappa shape index (κ2) is 13.6. The summed E-state index contributed by atoms with van der Waals surface area (Å²) in [5, 5.41) is 12.0. The molecule has 7 heteroatoms. The zero-order valence-corrected chi connectivity index (χ0v) is 19.8. The first-order valence-corrected chi connectivity index (χ1v) is 11.7. The number of hydrogen-bond acceptors (Lipinski definition) is 4. The van der Waals surface area contributed by atoms with Crippen LogP contribution in [0.2, 0.25) is 0 Å². The highest BCUT2D eigenvalue weighted by Crippen LogP contribution is 2.27. The Labute approximate surface area is 182 Å². The highest BCUT2D eigenvalue weighted by molar-refractivity contribution is 5.89. The molecule has 174 valence electrons. The van der Waals surface area contributed by atoms with Crippen molar-refractivity contribution in [1.29, 1.82) is 0 Å². The van der Waals surface area contributed by atoms with Crippen molar-refractivity contribution < 1.29 is 14.4 Å². The molecule has 0 aromatic heterocycles. The molecule has 7 nitrogen and oxygen atoms in total. The lowest BCUT2D eigenvalue weighted by atomic mass is 10.0. The number of rotatable bonds is 13. The normalized spacial score (nSPS) is 17.6. The lowest BCUT2D eigenvalue weighted by Crippen LogP contribution is -2.55. The average Bonchev–Trinajstić information content (AvgIpc) is 3.15. The van der Waals surface area contributed by atoms with Crippen molar-refractivity contribution in [1.82, 2.24) is 21.3 Å². The van der Waals surface area contributed by atoms with Gasteiger partial charge in [-0.25, -0.2) is 0 Å². The van der Waals surface area contributed by atoms with Crippen molar-refractivity contribution in [2.24, 2.45) is 17.8 Å². The molecule has 0 heterocycles. The van der Waals surface area contributed by atoms with Crippen LogP contribution in [0, 0.1) is 17.8 Å². The van der Waals surface area contributed by atoms with E-state index < -0.39 is 12.1 Å². The third-order valence-electron chi connectivity index (χ3n) is 5.73. The first-order valence-electron chi connectivity index (χ1n) is 11.7. The molecule has 3 atom stereocenters. The molecule has 0 aliphatic heterocycles. The standard InChI is InChI=1S/C23H44N4O3/c1-7-24-23(30)21(16(4)5)27-22(29)17(6)25-14-19(12-15(2)3)26-20(28)13-18-10-8-9-11-18/h15-19,21,25H,7-14H2,1-6H3,(H,24,30)(H,26,28)(H,27,29)/t17-,19?,21?/m0/s1. The lowest BCUT2D eigenvalue weighted by molar-refractivity contribution is -0.130. The first kappa shape index (κ1) is 26.4. The van der Waals surface area contributed by atoms with Crippen molar-refractivity contribution >= 4 is 17.7 Å². The highest BCUT2D eigenvalue weighted by Gasteiger charge is 2.26. The van der Waals surface area contributed by atoms with Crippen LogP contribution in [0.25, 0.3) is 0 Å². The van der Waals surface area contributed by atoms with Gasteiger partial charge in [-0.2, -0.15) is 0 Å². The van der Waals surface area contributed by atoms with E-state index in [1.165, 1.54) is 12.8 Å². The monoisotopic (exact) mass is 424 g/mol. The van der Waals surface area contributed by atoms with Crippen LogP contribution < -0.4 is 21.3 Å². The van der Waals surface area contributed by atoms with E-state index in [2.05, 4.69) is 35.1 Å². The van der Waals surface area contributed by atoms with Gasteiger partial charge in [0.2, 0.25) is 17.7 Å². The smallest absolute Gasteiger partial charge is 0.242 e. The summed E-state index contributed by atoms with van der Waals surface area (Å²) >= 11 is 0. The van der Waals surface area contributed by atoms with Gasteiger partial charge in [0.25, 0.3) is 0 Å². The Bertz CT molecular complexity index is 545. The van der Waals surface area contributed by atoms with Crippen LogP contribution in [-0.4, -0.2) is 48.9 Å². The van der Waals surface area contributed by atoms with E-state index in [1.807, 2.05) is 20.8 Å². The van der Waals surface area contributed by atoms with Gasteiger partial charge in [-0.3, -0.25) is 14.4 Å². The number of likely N-dealkylation sites (N-methyl/N-ethyl adjacent to an activating group) is 1. The Kier molecular flexibility index (Phi) is 12.0. The number of nitrogens with one attached hydrogen (secondary N) is 4. The van der Waals surface area contributed by atoms with Crippen molar-refractivity contribution in [3.8, 4) is 0 Å². The zero-order chi connectivity index (χ0) is 22.7. The summed E-state index contributed by atoms with van der Waals surface area (Å²) < 4.78 is 0. The largest absolute Gasteiger partial charge is 0.355 e.